The fraction of sp³-hybridized carbons (Fsp3) is 0.520. The molecule has 0 amide bonds. The summed E-state index contributed by atoms with van der Waals surface area (Å²) in [5.41, 5.74) is 6.60. The van der Waals surface area contributed by atoms with Crippen molar-refractivity contribution in [2.75, 3.05) is 24.3 Å². The fourth-order valence-corrected chi connectivity index (χ4v) is 4.70. The molecule has 0 radical (unpaired) electrons. The molecule has 36 heavy (non-hydrogen) atoms. The van der Waals surface area contributed by atoms with E-state index in [1.807, 2.05) is 30.9 Å². The highest BCUT2D eigenvalue weighted by Gasteiger charge is 2.38. The summed E-state index contributed by atoms with van der Waals surface area (Å²) in [4.78, 5) is 11.5. The van der Waals surface area contributed by atoms with Gasteiger partial charge in [-0.3, -0.25) is 4.68 Å². The minimum atomic E-state index is -0.951. The number of fused-ring (bicyclic) bond motifs is 3. The summed E-state index contributed by atoms with van der Waals surface area (Å²) < 4.78 is 22.9. The molecule has 0 aliphatic carbocycles. The van der Waals surface area contributed by atoms with Crippen molar-refractivity contribution in [2.24, 2.45) is 0 Å². The van der Waals surface area contributed by atoms with Gasteiger partial charge in [0.25, 0.3) is 0 Å². The number of benzene rings is 1. The molecule has 192 valence electrons. The average molecular weight is 497 g/mol. The number of methoxy groups -OCH3 is 1. The first-order valence-corrected chi connectivity index (χ1v) is 12.1. The summed E-state index contributed by atoms with van der Waals surface area (Å²) in [6, 6.07) is 3.18. The van der Waals surface area contributed by atoms with Gasteiger partial charge in [0, 0.05) is 36.2 Å². The van der Waals surface area contributed by atoms with E-state index in [0.29, 0.717) is 35.0 Å². The Morgan fingerprint density at radius 2 is 1.92 bits per heavy atom. The molecule has 0 spiro atoms. The zero-order valence-electron chi connectivity index (χ0n) is 21.5. The number of ether oxygens (including phenoxy) is 1. The summed E-state index contributed by atoms with van der Waals surface area (Å²) in [6.45, 7) is 10.4. The maximum Gasteiger partial charge on any atom is 0.223 e. The van der Waals surface area contributed by atoms with Gasteiger partial charge in [0.05, 0.1) is 35.7 Å². The number of halogens is 1. The summed E-state index contributed by atoms with van der Waals surface area (Å²) in [7, 11) is 1.41. The molecule has 1 fully saturated rings. The summed E-state index contributed by atoms with van der Waals surface area (Å²) >= 11 is 0. The number of nitrogens with two attached hydrogens (primary N) is 1. The van der Waals surface area contributed by atoms with E-state index in [9.17, 15) is 9.50 Å². The molecule has 1 aromatic carbocycles. The highest BCUT2D eigenvalue weighted by atomic mass is 19.1. The van der Waals surface area contributed by atoms with Gasteiger partial charge in [0.1, 0.15) is 0 Å². The maximum atomic E-state index is 14.5. The van der Waals surface area contributed by atoms with Crippen molar-refractivity contribution in [2.45, 2.75) is 70.6 Å². The first-order chi connectivity index (χ1) is 16.9. The number of nitrogen functional groups attached to an aromatic ring is 1. The molecule has 1 aliphatic heterocycles. The Morgan fingerprint density at radius 3 is 2.61 bits per heavy atom. The van der Waals surface area contributed by atoms with Gasteiger partial charge in [0.15, 0.2) is 23.0 Å². The van der Waals surface area contributed by atoms with E-state index in [2.05, 4.69) is 27.0 Å². The number of hydrogen-bond donors (Lipinski definition) is 2. The van der Waals surface area contributed by atoms with Gasteiger partial charge in [-0.05, 0) is 53.5 Å². The Bertz CT molecular complexity index is 1440. The second-order valence-corrected chi connectivity index (χ2v) is 10.7. The van der Waals surface area contributed by atoms with Crippen LogP contribution in [0.5, 0.6) is 5.75 Å². The second kappa shape index (κ2) is 8.29. The molecule has 11 heteroatoms. The maximum absolute atomic E-state index is 14.5. The molecule has 0 saturated carbocycles. The van der Waals surface area contributed by atoms with E-state index in [4.69, 9.17) is 15.5 Å². The van der Waals surface area contributed by atoms with Gasteiger partial charge >= 0.3 is 0 Å². The minimum absolute atomic E-state index is 0.0456. The average Bonchev–Trinajstić information content (AvgIpc) is 3.48. The van der Waals surface area contributed by atoms with Crippen LogP contribution >= 0.6 is 0 Å². The van der Waals surface area contributed by atoms with Gasteiger partial charge < -0.3 is 20.5 Å². The highest BCUT2D eigenvalue weighted by Crippen LogP contribution is 2.35. The number of nitrogens with zero attached hydrogens (tertiary/aromatic N) is 7. The van der Waals surface area contributed by atoms with E-state index in [0.717, 1.165) is 18.5 Å². The van der Waals surface area contributed by atoms with Crippen LogP contribution in [0.3, 0.4) is 0 Å². The smallest absolute Gasteiger partial charge is 0.223 e. The zero-order chi connectivity index (χ0) is 26.0. The molecule has 4 aromatic rings. The van der Waals surface area contributed by atoms with Crippen LogP contribution in [-0.4, -0.2) is 59.8 Å². The van der Waals surface area contributed by atoms with Gasteiger partial charge in [-0.1, -0.05) is 0 Å². The molecular weight excluding hydrogens is 463 g/mol. The Kier molecular flexibility index (Phi) is 5.58. The molecule has 5 rings (SSSR count). The van der Waals surface area contributed by atoms with Gasteiger partial charge in [-0.15, -0.1) is 5.10 Å². The summed E-state index contributed by atoms with van der Waals surface area (Å²) in [5.74, 6) is 0.481. The molecule has 1 saturated heterocycles. The summed E-state index contributed by atoms with van der Waals surface area (Å²) in [6.07, 6.45) is 5.68. The second-order valence-electron chi connectivity index (χ2n) is 10.7. The van der Waals surface area contributed by atoms with E-state index in [-0.39, 0.29) is 17.6 Å². The lowest BCUT2D eigenvalue weighted by molar-refractivity contribution is -0.0323. The number of anilines is 2. The van der Waals surface area contributed by atoms with Crippen LogP contribution in [-0.2, 0) is 5.54 Å². The Hall–Kier alpha value is -3.47. The number of rotatable bonds is 5. The van der Waals surface area contributed by atoms with Crippen LogP contribution in [0.25, 0.3) is 16.6 Å². The highest BCUT2D eigenvalue weighted by molar-refractivity contribution is 5.93. The van der Waals surface area contributed by atoms with Crippen molar-refractivity contribution in [3.05, 3.63) is 36.2 Å². The van der Waals surface area contributed by atoms with Gasteiger partial charge in [-0.2, -0.15) is 9.61 Å². The molecule has 0 unspecified atom stereocenters. The van der Waals surface area contributed by atoms with Crippen molar-refractivity contribution in [3.63, 3.8) is 0 Å². The molecule has 2 atom stereocenters. The largest absolute Gasteiger partial charge is 0.494 e. The number of aromatic nitrogens is 6. The van der Waals surface area contributed by atoms with Crippen LogP contribution in [0.1, 0.15) is 59.2 Å². The van der Waals surface area contributed by atoms with Crippen molar-refractivity contribution in [1.82, 2.24) is 29.4 Å². The zero-order valence-corrected chi connectivity index (χ0v) is 21.5. The molecule has 10 nitrogen and oxygen atoms in total. The third kappa shape index (κ3) is 3.82. The predicted octanol–water partition coefficient (Wildman–Crippen LogP) is 3.48. The lowest BCUT2D eigenvalue weighted by Crippen LogP contribution is -2.47. The van der Waals surface area contributed by atoms with Crippen molar-refractivity contribution in [3.8, 4) is 5.75 Å². The predicted molar refractivity (Wildman–Crippen MR) is 136 cm³/mol. The molecule has 0 bridgehead atoms. The molecule has 3 N–H and O–H groups in total. The first kappa shape index (κ1) is 24.2. The van der Waals surface area contributed by atoms with Crippen LogP contribution in [0.2, 0.25) is 0 Å². The van der Waals surface area contributed by atoms with Crippen molar-refractivity contribution >= 4 is 28.2 Å². The normalized spacial score (nSPS) is 19.4. The number of piperidine rings is 1. The Labute approximate surface area is 208 Å². The third-order valence-electron chi connectivity index (χ3n) is 7.80. The Morgan fingerprint density at radius 1 is 1.17 bits per heavy atom. The fourth-order valence-electron chi connectivity index (χ4n) is 4.70. The van der Waals surface area contributed by atoms with Crippen molar-refractivity contribution < 1.29 is 14.2 Å². The number of aliphatic hydroxyl groups is 1. The van der Waals surface area contributed by atoms with E-state index >= 15 is 0 Å². The molecular formula is C25H33FN8O2. The van der Waals surface area contributed by atoms with E-state index in [1.165, 1.54) is 23.8 Å². The standard InChI is InChI=1S/C25H33FN8O2/c1-14-7-8-15(12-32(14)16-11-28-33(13-16)24(2,3)25(4,5)35)21-30-22-17-9-18(26)20(36-6)10-19(17)29-23(27)34(22)31-21/h9-11,13-15,35H,7-8,12H2,1-6H3,(H2,27,29)/t14-,15+/m0/s1. The number of hydrogen-bond acceptors (Lipinski definition) is 8. The van der Waals surface area contributed by atoms with Gasteiger partial charge in [0.2, 0.25) is 5.95 Å². The SMILES string of the molecule is COc1cc2nc(N)n3nc([C@@H]4CC[C@H](C)N(c5cnn(C(C)(C)C(C)(C)O)c5)C4)nc3c2cc1F. The lowest BCUT2D eigenvalue weighted by Gasteiger charge is -2.39. The van der Waals surface area contributed by atoms with Crippen LogP contribution < -0.4 is 15.4 Å². The lowest BCUT2D eigenvalue weighted by atomic mass is 9.86. The topological polar surface area (TPSA) is 120 Å². The third-order valence-corrected chi connectivity index (χ3v) is 7.80. The quantitative estimate of drug-likeness (QED) is 0.431. The molecule has 4 heterocycles. The van der Waals surface area contributed by atoms with Gasteiger partial charge in [-0.25, -0.2) is 14.4 Å². The van der Waals surface area contributed by atoms with Crippen LogP contribution in [0.4, 0.5) is 16.0 Å². The summed E-state index contributed by atoms with van der Waals surface area (Å²) in [5, 5.41) is 20.4. The monoisotopic (exact) mass is 496 g/mol. The molecule has 3 aromatic heterocycles. The first-order valence-electron chi connectivity index (χ1n) is 12.1. The van der Waals surface area contributed by atoms with Crippen LogP contribution in [0, 0.1) is 5.82 Å². The van der Waals surface area contributed by atoms with Crippen LogP contribution in [0.15, 0.2) is 24.5 Å². The minimum Gasteiger partial charge on any atom is -0.494 e. The van der Waals surface area contributed by atoms with E-state index in [1.54, 1.807) is 13.8 Å². The Balaban J connectivity index is 1.49. The van der Waals surface area contributed by atoms with Crippen molar-refractivity contribution in [1.29, 1.82) is 0 Å². The van der Waals surface area contributed by atoms with E-state index < -0.39 is 17.0 Å². The molecule has 1 aliphatic rings.